The summed E-state index contributed by atoms with van der Waals surface area (Å²) in [6.07, 6.45) is 3.90. The highest BCUT2D eigenvalue weighted by Gasteiger charge is 2.33. The maximum absolute atomic E-state index is 15.4. The predicted octanol–water partition coefficient (Wildman–Crippen LogP) is 2.24. The second-order valence-corrected chi connectivity index (χ2v) is 8.12. The lowest BCUT2D eigenvalue weighted by atomic mass is 9.93. The van der Waals surface area contributed by atoms with Gasteiger partial charge in [0.05, 0.1) is 22.3 Å². The molecule has 0 radical (unpaired) electrons. The summed E-state index contributed by atoms with van der Waals surface area (Å²) in [5.41, 5.74) is 12.3. The molecule has 1 aromatic carbocycles. The zero-order valence-corrected chi connectivity index (χ0v) is 16.0. The first-order valence-corrected chi connectivity index (χ1v) is 9.62. The minimum atomic E-state index is -1.33. The maximum Gasteiger partial charge on any atom is 0.341 e. The van der Waals surface area contributed by atoms with Gasteiger partial charge in [0, 0.05) is 31.4 Å². The zero-order chi connectivity index (χ0) is 20.3. The number of carboxylic acid groups (broad SMARTS) is 1. The van der Waals surface area contributed by atoms with Gasteiger partial charge in [0.25, 0.3) is 0 Å². The maximum atomic E-state index is 15.4. The number of nitrogens with two attached hydrogens (primary N) is 2. The van der Waals surface area contributed by atoms with E-state index in [2.05, 4.69) is 0 Å². The van der Waals surface area contributed by atoms with Gasteiger partial charge in [-0.25, -0.2) is 9.18 Å². The summed E-state index contributed by atoms with van der Waals surface area (Å²) < 4.78 is 17.2. The molecular formula is C20H25FN4O3. The fourth-order valence-electron chi connectivity index (χ4n) is 4.31. The Labute approximate surface area is 161 Å². The smallest absolute Gasteiger partial charge is 0.341 e. The van der Waals surface area contributed by atoms with E-state index in [4.69, 9.17) is 11.5 Å². The lowest BCUT2D eigenvalue weighted by Gasteiger charge is -2.38. The number of aromatic carboxylic acids is 1. The van der Waals surface area contributed by atoms with Gasteiger partial charge in [0.1, 0.15) is 5.56 Å². The van der Waals surface area contributed by atoms with Gasteiger partial charge in [0.15, 0.2) is 5.82 Å². The third-order valence-corrected chi connectivity index (χ3v) is 6.12. The first-order valence-electron chi connectivity index (χ1n) is 9.62. The quantitative estimate of drug-likeness (QED) is 0.695. The number of fused-ring (bicyclic) bond motifs is 1. The molecule has 4 rings (SSSR count). The molecule has 2 atom stereocenters. The lowest BCUT2D eigenvalue weighted by Crippen LogP contribution is -2.46. The minimum Gasteiger partial charge on any atom is -0.477 e. The lowest BCUT2D eigenvalue weighted by molar-refractivity contribution is 0.0695. The molecule has 1 saturated heterocycles. The molecular weight excluding hydrogens is 363 g/mol. The molecule has 150 valence electrons. The first kappa shape index (κ1) is 18.7. The van der Waals surface area contributed by atoms with Crippen molar-refractivity contribution in [2.24, 2.45) is 11.7 Å². The van der Waals surface area contributed by atoms with E-state index < -0.39 is 17.2 Å². The molecule has 5 N–H and O–H groups in total. The Morgan fingerprint density at radius 3 is 2.57 bits per heavy atom. The van der Waals surface area contributed by atoms with E-state index >= 15 is 4.39 Å². The van der Waals surface area contributed by atoms with Crippen LogP contribution < -0.4 is 21.8 Å². The summed E-state index contributed by atoms with van der Waals surface area (Å²) >= 11 is 0. The van der Waals surface area contributed by atoms with Crippen LogP contribution in [-0.4, -0.2) is 34.8 Å². The van der Waals surface area contributed by atoms with Crippen molar-refractivity contribution in [3.05, 3.63) is 33.4 Å². The molecule has 1 aromatic heterocycles. The van der Waals surface area contributed by atoms with Gasteiger partial charge in [-0.15, -0.1) is 0 Å². The van der Waals surface area contributed by atoms with Crippen molar-refractivity contribution in [1.82, 2.24) is 4.57 Å². The monoisotopic (exact) mass is 388 g/mol. The molecule has 1 saturated carbocycles. The van der Waals surface area contributed by atoms with Crippen molar-refractivity contribution in [3.63, 3.8) is 0 Å². The first-order chi connectivity index (χ1) is 13.2. The van der Waals surface area contributed by atoms with Crippen molar-refractivity contribution >= 4 is 28.2 Å². The van der Waals surface area contributed by atoms with Gasteiger partial charge >= 0.3 is 5.97 Å². The number of rotatable bonds is 3. The van der Waals surface area contributed by atoms with Crippen molar-refractivity contribution < 1.29 is 14.3 Å². The number of carboxylic acids is 1. The molecule has 8 heteroatoms. The van der Waals surface area contributed by atoms with E-state index in [0.717, 1.165) is 19.3 Å². The second-order valence-electron chi connectivity index (χ2n) is 8.12. The third-order valence-electron chi connectivity index (χ3n) is 6.12. The molecule has 1 aliphatic carbocycles. The fourth-order valence-corrected chi connectivity index (χ4v) is 4.31. The van der Waals surface area contributed by atoms with Gasteiger partial charge in [-0.3, -0.25) is 4.79 Å². The summed E-state index contributed by atoms with van der Waals surface area (Å²) in [6.45, 7) is 5.02. The molecule has 0 bridgehead atoms. The fraction of sp³-hybridized carbons (Fsp3) is 0.500. The molecule has 2 heterocycles. The van der Waals surface area contributed by atoms with Crippen molar-refractivity contribution in [3.8, 4) is 0 Å². The van der Waals surface area contributed by atoms with Gasteiger partial charge in [-0.05, 0) is 37.7 Å². The van der Waals surface area contributed by atoms with E-state index in [-0.39, 0.29) is 34.6 Å². The van der Waals surface area contributed by atoms with Crippen LogP contribution in [0, 0.1) is 18.7 Å². The Hall–Kier alpha value is -2.61. The number of carbonyl (C=O) groups is 1. The largest absolute Gasteiger partial charge is 0.477 e. The number of hydrogen-bond donors (Lipinski definition) is 3. The molecule has 28 heavy (non-hydrogen) atoms. The molecule has 7 nitrogen and oxygen atoms in total. The average Bonchev–Trinajstić information content (AvgIpc) is 3.47. The van der Waals surface area contributed by atoms with Crippen molar-refractivity contribution in [2.45, 2.75) is 45.2 Å². The van der Waals surface area contributed by atoms with Crippen LogP contribution in [0.25, 0.3) is 10.9 Å². The molecule has 0 amide bonds. The summed E-state index contributed by atoms with van der Waals surface area (Å²) in [7, 11) is 0. The van der Waals surface area contributed by atoms with Crippen LogP contribution >= 0.6 is 0 Å². The molecule has 1 aliphatic heterocycles. The van der Waals surface area contributed by atoms with Crippen LogP contribution in [0.1, 0.15) is 48.1 Å². The number of aromatic nitrogens is 1. The van der Waals surface area contributed by atoms with Gasteiger partial charge in [-0.1, -0.05) is 6.92 Å². The van der Waals surface area contributed by atoms with E-state index in [1.165, 1.54) is 6.20 Å². The number of benzene rings is 1. The number of piperidine rings is 1. The number of nitrogens with zero attached hydrogens (tertiary/aromatic N) is 2. The highest BCUT2D eigenvalue weighted by atomic mass is 19.1. The Morgan fingerprint density at radius 2 is 2.00 bits per heavy atom. The topological polar surface area (TPSA) is 115 Å². The van der Waals surface area contributed by atoms with Crippen molar-refractivity contribution in [2.75, 3.05) is 23.7 Å². The minimum absolute atomic E-state index is 0.0349. The van der Waals surface area contributed by atoms with E-state index in [0.29, 0.717) is 29.9 Å². The average molecular weight is 388 g/mol. The third kappa shape index (κ3) is 2.74. The number of halogens is 1. The number of pyridine rings is 1. The van der Waals surface area contributed by atoms with Gasteiger partial charge < -0.3 is 26.0 Å². The van der Waals surface area contributed by atoms with Crippen LogP contribution in [0.2, 0.25) is 0 Å². The highest BCUT2D eigenvalue weighted by molar-refractivity contribution is 6.01. The SMILES string of the molecule is Cc1c(N2CC[C@@H](N)[C@@H](C)C2)c(F)c(N)c2c(=O)c(C(=O)O)cn(C3CC3)c12. The number of hydrogen-bond acceptors (Lipinski definition) is 5. The van der Waals surface area contributed by atoms with Gasteiger partial charge in [-0.2, -0.15) is 0 Å². The van der Waals surface area contributed by atoms with E-state index in [1.54, 1.807) is 11.5 Å². The summed E-state index contributed by atoms with van der Waals surface area (Å²) in [6, 6.07) is 0.173. The Morgan fingerprint density at radius 1 is 1.32 bits per heavy atom. The normalized spacial score (nSPS) is 22.6. The second kappa shape index (κ2) is 6.48. The summed E-state index contributed by atoms with van der Waals surface area (Å²) in [5.74, 6) is -1.79. The Bertz CT molecular complexity index is 1040. The molecule has 2 aliphatic rings. The molecule has 2 fully saturated rings. The van der Waals surface area contributed by atoms with E-state index in [1.807, 2.05) is 11.8 Å². The zero-order valence-electron chi connectivity index (χ0n) is 16.0. The summed E-state index contributed by atoms with van der Waals surface area (Å²) in [4.78, 5) is 26.3. The van der Waals surface area contributed by atoms with Crippen LogP contribution in [0.15, 0.2) is 11.0 Å². The van der Waals surface area contributed by atoms with Gasteiger partial charge in [0.2, 0.25) is 5.43 Å². The molecule has 0 unspecified atom stereocenters. The van der Waals surface area contributed by atoms with Crippen molar-refractivity contribution in [1.29, 1.82) is 0 Å². The number of nitrogen functional groups attached to an aromatic ring is 1. The predicted molar refractivity (Wildman–Crippen MR) is 107 cm³/mol. The molecule has 2 aromatic rings. The van der Waals surface area contributed by atoms with Crippen LogP contribution in [0.3, 0.4) is 0 Å². The Balaban J connectivity index is 2.02. The number of aryl methyl sites for hydroxylation is 1. The number of anilines is 2. The summed E-state index contributed by atoms with van der Waals surface area (Å²) in [5, 5.41) is 9.39. The standard InChI is InChI=1S/C20H25FN4O3/c1-9-7-24(6-5-13(9)22)18-10(2)17-14(16(23)15(18)21)19(26)12(20(27)28)8-25(17)11-3-4-11/h8-9,11,13H,3-7,22-23H2,1-2H3,(H,27,28)/t9-,13+/m0/s1. The van der Waals surface area contributed by atoms with Crippen LogP contribution in [0.5, 0.6) is 0 Å². The van der Waals surface area contributed by atoms with Crippen LogP contribution in [-0.2, 0) is 0 Å². The highest BCUT2D eigenvalue weighted by Crippen LogP contribution is 2.42. The molecule has 0 spiro atoms. The van der Waals surface area contributed by atoms with Crippen LogP contribution in [0.4, 0.5) is 15.8 Å². The van der Waals surface area contributed by atoms with E-state index in [9.17, 15) is 14.7 Å². The Kier molecular flexibility index (Phi) is 4.33.